The Hall–Kier alpha value is -2.34. The molecule has 0 radical (unpaired) electrons. The zero-order valence-corrected chi connectivity index (χ0v) is 18.2. The van der Waals surface area contributed by atoms with Crippen LogP contribution < -0.4 is 5.73 Å². The van der Waals surface area contributed by atoms with Gasteiger partial charge in [-0.05, 0) is 60.4 Å². The van der Waals surface area contributed by atoms with Gasteiger partial charge in [-0.15, -0.1) is 0 Å². The van der Waals surface area contributed by atoms with Crippen LogP contribution in [0.15, 0.2) is 41.7 Å². The molecule has 2 aromatic rings. The monoisotopic (exact) mass is 402 g/mol. The fourth-order valence-electron chi connectivity index (χ4n) is 6.68. The normalized spacial score (nSPS) is 34.0. The van der Waals surface area contributed by atoms with Gasteiger partial charge in [0.25, 0.3) is 6.02 Å². The highest BCUT2D eigenvalue weighted by Gasteiger charge is 2.68. The second-order valence-corrected chi connectivity index (χ2v) is 9.73. The van der Waals surface area contributed by atoms with Crippen LogP contribution in [-0.2, 0) is 21.4 Å². The molecule has 2 spiro atoms. The number of rotatable bonds is 2. The standard InChI is InChI=1S/C22H28B2N4O2/c1-13-10-20(7-5-18(13)29-2)11-15-4-3-14(16-6-8-26-27-12-16)9-17(15)21(20)22(23,24)30-19(25)28-21/h3-4,6,8-9,12-13,18H,5,7,10-11,23-24H2,1-2H3,(H2,25,28)/t13-,18-,20-,21-/m0/s1. The highest BCUT2D eigenvalue weighted by molar-refractivity contribution is 6.41. The van der Waals surface area contributed by atoms with E-state index in [-0.39, 0.29) is 5.41 Å². The highest BCUT2D eigenvalue weighted by atomic mass is 16.5. The van der Waals surface area contributed by atoms with Gasteiger partial charge in [0.15, 0.2) is 15.7 Å². The van der Waals surface area contributed by atoms with Gasteiger partial charge < -0.3 is 15.2 Å². The number of methoxy groups -OCH3 is 1. The maximum Gasteiger partial charge on any atom is 0.282 e. The second kappa shape index (κ2) is 6.58. The van der Waals surface area contributed by atoms with Crippen LogP contribution in [0, 0.1) is 11.3 Å². The molecule has 8 heteroatoms. The molecule has 2 aliphatic carbocycles. The topological polar surface area (TPSA) is 82.6 Å². The molecule has 1 fully saturated rings. The third-order valence-corrected chi connectivity index (χ3v) is 7.78. The molecule has 0 saturated heterocycles. The number of benzene rings is 1. The van der Waals surface area contributed by atoms with Crippen molar-refractivity contribution in [1.29, 1.82) is 0 Å². The number of ether oxygens (including phenoxy) is 2. The van der Waals surface area contributed by atoms with E-state index in [9.17, 15) is 0 Å². The third kappa shape index (κ3) is 2.52. The summed E-state index contributed by atoms with van der Waals surface area (Å²) in [7, 11) is 6.11. The Labute approximate surface area is 179 Å². The summed E-state index contributed by atoms with van der Waals surface area (Å²) < 4.78 is 12.0. The molecule has 3 aliphatic rings. The van der Waals surface area contributed by atoms with E-state index in [1.165, 1.54) is 11.1 Å². The molecule has 0 unspecified atom stereocenters. The Morgan fingerprint density at radius 2 is 2.03 bits per heavy atom. The molecule has 30 heavy (non-hydrogen) atoms. The molecule has 0 amide bonds. The molecule has 1 aromatic carbocycles. The molecule has 1 aromatic heterocycles. The van der Waals surface area contributed by atoms with Gasteiger partial charge in [0.1, 0.15) is 5.54 Å². The summed E-state index contributed by atoms with van der Waals surface area (Å²) in [5, 5.41) is 7.45. The molecule has 5 rings (SSSR count). The summed E-state index contributed by atoms with van der Waals surface area (Å²) in [6, 6.07) is 9.01. The number of aliphatic imine (C=N–C) groups is 1. The van der Waals surface area contributed by atoms with Crippen LogP contribution in [0.2, 0.25) is 0 Å². The summed E-state index contributed by atoms with van der Waals surface area (Å²) in [4.78, 5) is 5.11. The molecular formula is C22H28B2N4O2. The van der Waals surface area contributed by atoms with Crippen molar-refractivity contribution in [3.05, 3.63) is 47.8 Å². The number of hydrogen-bond donors (Lipinski definition) is 1. The minimum atomic E-state index is -0.531. The minimum absolute atomic E-state index is 0.0382. The smallest absolute Gasteiger partial charge is 0.282 e. The predicted octanol–water partition coefficient (Wildman–Crippen LogP) is 0.981. The number of amidine groups is 1. The average molecular weight is 402 g/mol. The van der Waals surface area contributed by atoms with Crippen LogP contribution in [-0.4, -0.2) is 50.5 Å². The molecule has 2 N–H and O–H groups in total. The van der Waals surface area contributed by atoms with Gasteiger partial charge in [-0.25, -0.2) is 4.99 Å². The van der Waals surface area contributed by atoms with Gasteiger partial charge >= 0.3 is 0 Å². The van der Waals surface area contributed by atoms with Gasteiger partial charge in [0.2, 0.25) is 0 Å². The van der Waals surface area contributed by atoms with Gasteiger partial charge in [0, 0.05) is 18.1 Å². The fraction of sp³-hybridized carbons (Fsp3) is 0.500. The zero-order chi connectivity index (χ0) is 21.1. The summed E-state index contributed by atoms with van der Waals surface area (Å²) >= 11 is 0. The van der Waals surface area contributed by atoms with Gasteiger partial charge in [0.05, 0.1) is 23.9 Å². The molecular weight excluding hydrogens is 374 g/mol. The lowest BCUT2D eigenvalue weighted by Crippen LogP contribution is -2.60. The number of nitrogens with two attached hydrogens (primary N) is 1. The molecule has 154 valence electrons. The van der Waals surface area contributed by atoms with Crippen molar-refractivity contribution < 1.29 is 9.47 Å². The third-order valence-electron chi connectivity index (χ3n) is 7.78. The minimum Gasteiger partial charge on any atom is -0.475 e. The van der Waals surface area contributed by atoms with Crippen molar-refractivity contribution >= 4 is 21.7 Å². The van der Waals surface area contributed by atoms with Crippen LogP contribution in [0.1, 0.15) is 37.3 Å². The fourth-order valence-corrected chi connectivity index (χ4v) is 6.68. The average Bonchev–Trinajstić information content (AvgIpc) is 3.13. The van der Waals surface area contributed by atoms with Crippen LogP contribution >= 0.6 is 0 Å². The Kier molecular flexibility index (Phi) is 4.30. The quantitative estimate of drug-likeness (QED) is 0.758. The molecule has 0 bridgehead atoms. The number of hydrogen-bond acceptors (Lipinski definition) is 6. The van der Waals surface area contributed by atoms with Crippen molar-refractivity contribution in [3.63, 3.8) is 0 Å². The SMILES string of the molecule is BC1(B)OC(N)=N[C@]12c1cc(-c3ccnnc3)ccc1C[C@@]21CC[C@H](OC)[C@@H](C)C1. The number of fused-ring (bicyclic) bond motifs is 3. The van der Waals surface area contributed by atoms with Crippen LogP contribution in [0.4, 0.5) is 0 Å². The second-order valence-electron chi connectivity index (χ2n) is 9.73. The van der Waals surface area contributed by atoms with E-state index in [1.807, 2.05) is 13.2 Å². The van der Waals surface area contributed by atoms with E-state index in [0.717, 1.165) is 36.8 Å². The van der Waals surface area contributed by atoms with Crippen molar-refractivity contribution in [2.24, 2.45) is 22.1 Å². The van der Waals surface area contributed by atoms with Gasteiger partial charge in [-0.2, -0.15) is 10.2 Å². The van der Waals surface area contributed by atoms with E-state index in [4.69, 9.17) is 20.2 Å². The van der Waals surface area contributed by atoms with E-state index in [0.29, 0.717) is 18.0 Å². The molecule has 1 saturated carbocycles. The first-order valence-electron chi connectivity index (χ1n) is 10.8. The highest BCUT2D eigenvalue weighted by Crippen LogP contribution is 2.65. The van der Waals surface area contributed by atoms with Crippen molar-refractivity contribution in [2.45, 2.75) is 49.6 Å². The van der Waals surface area contributed by atoms with Gasteiger partial charge in [-0.3, -0.25) is 0 Å². The Morgan fingerprint density at radius 1 is 1.20 bits per heavy atom. The molecule has 6 nitrogen and oxygen atoms in total. The molecule has 1 aliphatic heterocycles. The van der Waals surface area contributed by atoms with Gasteiger partial charge in [-0.1, -0.05) is 19.1 Å². The Balaban J connectivity index is 1.70. The van der Waals surface area contributed by atoms with Crippen molar-refractivity contribution in [2.75, 3.05) is 7.11 Å². The van der Waals surface area contributed by atoms with Crippen molar-refractivity contribution in [3.8, 4) is 11.1 Å². The zero-order valence-electron chi connectivity index (χ0n) is 18.2. The summed E-state index contributed by atoms with van der Waals surface area (Å²) in [6.45, 7) is 2.30. The van der Waals surface area contributed by atoms with E-state index >= 15 is 0 Å². The van der Waals surface area contributed by atoms with Crippen molar-refractivity contribution in [1.82, 2.24) is 10.2 Å². The summed E-state index contributed by atoms with van der Waals surface area (Å²) in [5.74, 6) is 0.451. The lowest BCUT2D eigenvalue weighted by molar-refractivity contribution is -0.0559. The largest absolute Gasteiger partial charge is 0.475 e. The van der Waals surface area contributed by atoms with Crippen LogP contribution in [0.25, 0.3) is 11.1 Å². The Bertz CT molecular complexity index is 1020. The van der Waals surface area contributed by atoms with Crippen LogP contribution in [0.5, 0.6) is 0 Å². The van der Waals surface area contributed by atoms with E-state index in [2.05, 4.69) is 51.0 Å². The first kappa shape index (κ1) is 19.6. The number of aromatic nitrogens is 2. The maximum absolute atomic E-state index is 6.23. The number of nitrogens with zero attached hydrogens (tertiary/aromatic N) is 3. The predicted molar refractivity (Wildman–Crippen MR) is 122 cm³/mol. The maximum atomic E-state index is 6.23. The summed E-state index contributed by atoms with van der Waals surface area (Å²) in [6.07, 6.45) is 7.92. The summed E-state index contributed by atoms with van der Waals surface area (Å²) in [5.41, 5.74) is 10.4. The lowest BCUT2D eigenvalue weighted by Gasteiger charge is -2.53. The van der Waals surface area contributed by atoms with Crippen LogP contribution in [0.3, 0.4) is 0 Å². The van der Waals surface area contributed by atoms with E-state index in [1.54, 1.807) is 12.4 Å². The first-order chi connectivity index (χ1) is 14.3. The lowest BCUT2D eigenvalue weighted by atomic mass is 9.44. The molecule has 4 atom stereocenters. The Morgan fingerprint density at radius 3 is 2.67 bits per heavy atom. The molecule has 2 heterocycles. The first-order valence-corrected chi connectivity index (χ1v) is 10.8. The van der Waals surface area contributed by atoms with E-state index < -0.39 is 10.9 Å².